The molecule has 0 radical (unpaired) electrons. The molecule has 0 bridgehead atoms. The maximum absolute atomic E-state index is 13.4. The molecule has 0 spiro atoms. The lowest BCUT2D eigenvalue weighted by molar-refractivity contribution is 0.103. The Labute approximate surface area is 206 Å². The third-order valence-corrected chi connectivity index (χ3v) is 6.80. The molecular formula is C26H22Cl2N4O2. The van der Waals surface area contributed by atoms with Crippen LogP contribution in [0.25, 0.3) is 5.57 Å². The summed E-state index contributed by atoms with van der Waals surface area (Å²) in [5, 5.41) is 0. The second kappa shape index (κ2) is 8.74. The largest absolute Gasteiger partial charge is 0.397 e. The molecule has 0 saturated carbocycles. The highest BCUT2D eigenvalue weighted by atomic mass is 35.5. The number of hydrogen-bond donors (Lipinski definition) is 4. The van der Waals surface area contributed by atoms with E-state index in [-0.39, 0.29) is 45.2 Å². The van der Waals surface area contributed by atoms with E-state index in [4.69, 9.17) is 46.1 Å². The van der Waals surface area contributed by atoms with Gasteiger partial charge in [-0.1, -0.05) is 96.0 Å². The van der Waals surface area contributed by atoms with Gasteiger partial charge in [0, 0.05) is 33.4 Å². The summed E-state index contributed by atoms with van der Waals surface area (Å²) in [7, 11) is 0. The van der Waals surface area contributed by atoms with Gasteiger partial charge in [0.15, 0.2) is 15.9 Å². The number of nitrogen functional groups attached to an aromatic ring is 2. The second-order valence-corrected chi connectivity index (χ2v) is 9.34. The van der Waals surface area contributed by atoms with Crippen LogP contribution < -0.4 is 22.9 Å². The van der Waals surface area contributed by atoms with Crippen LogP contribution in [-0.2, 0) is 0 Å². The molecule has 1 aliphatic rings. The number of halogens is 2. The molecule has 3 aromatic carbocycles. The number of anilines is 2. The number of benzene rings is 3. The van der Waals surface area contributed by atoms with Crippen molar-refractivity contribution in [2.75, 3.05) is 11.5 Å². The van der Waals surface area contributed by atoms with Crippen molar-refractivity contribution >= 4 is 51.7 Å². The predicted molar refractivity (Wildman–Crippen MR) is 138 cm³/mol. The van der Waals surface area contributed by atoms with E-state index in [1.807, 2.05) is 0 Å². The van der Waals surface area contributed by atoms with Gasteiger partial charge in [0.25, 0.3) is 0 Å². The lowest BCUT2D eigenvalue weighted by Crippen LogP contribution is -2.62. The molecule has 34 heavy (non-hydrogen) atoms. The molecule has 0 atom stereocenters. The molecule has 0 aromatic heterocycles. The first kappa shape index (κ1) is 23.7. The lowest BCUT2D eigenvalue weighted by Gasteiger charge is -2.40. The van der Waals surface area contributed by atoms with E-state index < -0.39 is 10.00 Å². The molecule has 0 amide bonds. The van der Waals surface area contributed by atoms with Crippen LogP contribution in [0.5, 0.6) is 0 Å². The van der Waals surface area contributed by atoms with Gasteiger partial charge in [0.05, 0.1) is 11.4 Å². The average molecular weight is 493 g/mol. The number of alkyl halides is 2. The van der Waals surface area contributed by atoms with Crippen molar-refractivity contribution in [2.24, 2.45) is 11.5 Å². The van der Waals surface area contributed by atoms with Crippen molar-refractivity contribution in [3.63, 3.8) is 0 Å². The van der Waals surface area contributed by atoms with Crippen LogP contribution in [0.2, 0.25) is 0 Å². The van der Waals surface area contributed by atoms with Gasteiger partial charge in [-0.05, 0) is 12.1 Å². The lowest BCUT2D eigenvalue weighted by atomic mass is 9.81. The maximum Gasteiger partial charge on any atom is 0.195 e. The fourth-order valence-electron chi connectivity index (χ4n) is 3.84. The van der Waals surface area contributed by atoms with Gasteiger partial charge in [-0.2, -0.15) is 0 Å². The quantitative estimate of drug-likeness (QED) is 0.183. The Morgan fingerprint density at radius 3 is 1.79 bits per heavy atom. The summed E-state index contributed by atoms with van der Waals surface area (Å²) >= 11 is 13.4. The van der Waals surface area contributed by atoms with Crippen molar-refractivity contribution in [1.29, 1.82) is 0 Å². The summed E-state index contributed by atoms with van der Waals surface area (Å²) < 4.78 is -1.94. The van der Waals surface area contributed by atoms with Crippen molar-refractivity contribution in [3.05, 3.63) is 113 Å². The molecule has 0 heterocycles. The number of carbonyl (C=O) groups is 2. The minimum absolute atomic E-state index is 0.0312. The number of hydrogen-bond acceptors (Lipinski definition) is 6. The van der Waals surface area contributed by atoms with Crippen LogP contribution in [0.4, 0.5) is 11.4 Å². The van der Waals surface area contributed by atoms with Crippen LogP contribution in [-0.4, -0.2) is 21.6 Å². The number of rotatable bonds is 5. The Bertz CT molecular complexity index is 1350. The first-order valence-corrected chi connectivity index (χ1v) is 11.1. The van der Waals surface area contributed by atoms with Crippen molar-refractivity contribution in [2.45, 2.75) is 10.00 Å². The average Bonchev–Trinajstić information content (AvgIpc) is 2.83. The maximum atomic E-state index is 13.4. The molecule has 3 aromatic rings. The fourth-order valence-corrected chi connectivity index (χ4v) is 4.37. The third-order valence-electron chi connectivity index (χ3n) is 5.77. The van der Waals surface area contributed by atoms with Crippen LogP contribution in [0, 0.1) is 0 Å². The summed E-state index contributed by atoms with van der Waals surface area (Å²) in [5.74, 6) is -0.653. The topological polar surface area (TPSA) is 138 Å². The van der Waals surface area contributed by atoms with Gasteiger partial charge >= 0.3 is 0 Å². The summed E-state index contributed by atoms with van der Waals surface area (Å²) in [5.41, 5.74) is 25.0. The molecule has 0 fully saturated rings. The number of ketones is 2. The highest BCUT2D eigenvalue weighted by molar-refractivity contribution is 6.56. The standard InChI is InChI=1S/C26H22Cl2N4O2/c27-26(28)20(18(13-14-25(26,31)32)23(33)15-7-3-1-4-8-15)17-11-12-19(22(30)21(17)29)24(34)16-9-5-2-6-10-16/h1-14H,29-32H2. The smallest absolute Gasteiger partial charge is 0.195 e. The number of nitrogens with two attached hydrogens (primary N) is 4. The van der Waals surface area contributed by atoms with Gasteiger partial charge in [-0.3, -0.25) is 9.59 Å². The van der Waals surface area contributed by atoms with Crippen molar-refractivity contribution in [1.82, 2.24) is 0 Å². The predicted octanol–water partition coefficient (Wildman–Crippen LogP) is 4.08. The summed E-state index contributed by atoms with van der Waals surface area (Å²) in [6.45, 7) is 0. The van der Waals surface area contributed by atoms with Gasteiger partial charge in [-0.25, -0.2) is 0 Å². The molecular weight excluding hydrogens is 471 g/mol. The number of carbonyl (C=O) groups excluding carboxylic acids is 2. The van der Waals surface area contributed by atoms with E-state index in [0.29, 0.717) is 11.1 Å². The van der Waals surface area contributed by atoms with E-state index in [9.17, 15) is 9.59 Å². The van der Waals surface area contributed by atoms with Crippen LogP contribution in [0.3, 0.4) is 0 Å². The van der Waals surface area contributed by atoms with E-state index in [2.05, 4.69) is 0 Å². The van der Waals surface area contributed by atoms with E-state index >= 15 is 0 Å². The summed E-state index contributed by atoms with van der Waals surface area (Å²) in [4.78, 5) is 26.4. The molecule has 0 unspecified atom stereocenters. The van der Waals surface area contributed by atoms with Crippen molar-refractivity contribution < 1.29 is 9.59 Å². The Morgan fingerprint density at radius 2 is 1.24 bits per heavy atom. The van der Waals surface area contributed by atoms with Crippen LogP contribution in [0.15, 0.2) is 90.5 Å². The fraction of sp³-hybridized carbons (Fsp3) is 0.0769. The first-order valence-electron chi connectivity index (χ1n) is 10.3. The van der Waals surface area contributed by atoms with Crippen LogP contribution >= 0.6 is 23.2 Å². The highest BCUT2D eigenvalue weighted by Gasteiger charge is 2.50. The zero-order valence-corrected chi connectivity index (χ0v) is 19.5. The van der Waals surface area contributed by atoms with Gasteiger partial charge in [0.1, 0.15) is 5.66 Å². The summed E-state index contributed by atoms with van der Waals surface area (Å²) in [6, 6.07) is 20.3. The molecule has 0 saturated heterocycles. The molecule has 8 heteroatoms. The summed E-state index contributed by atoms with van der Waals surface area (Å²) in [6.07, 6.45) is 2.85. The molecule has 4 rings (SSSR count). The molecule has 6 nitrogen and oxygen atoms in total. The second-order valence-electron chi connectivity index (χ2n) is 8.01. The highest BCUT2D eigenvalue weighted by Crippen LogP contribution is 2.50. The Balaban J connectivity index is 1.92. The van der Waals surface area contributed by atoms with E-state index in [1.54, 1.807) is 66.7 Å². The number of allylic oxidation sites excluding steroid dienone is 2. The monoisotopic (exact) mass is 492 g/mol. The normalized spacial score (nSPS) is 16.4. The zero-order chi connectivity index (χ0) is 24.7. The first-order chi connectivity index (χ1) is 16.1. The van der Waals surface area contributed by atoms with Gasteiger partial charge in [0.2, 0.25) is 0 Å². The Kier molecular flexibility index (Phi) is 6.10. The minimum atomic E-state index is -1.94. The van der Waals surface area contributed by atoms with Crippen molar-refractivity contribution in [3.8, 4) is 0 Å². The Morgan fingerprint density at radius 1 is 0.706 bits per heavy atom. The molecule has 172 valence electrons. The van der Waals surface area contributed by atoms with Gasteiger partial charge < -0.3 is 22.9 Å². The van der Waals surface area contributed by atoms with E-state index in [0.717, 1.165) is 0 Å². The molecule has 1 aliphatic carbocycles. The van der Waals surface area contributed by atoms with Crippen LogP contribution in [0.1, 0.15) is 31.8 Å². The number of Topliss-reactive ketones (excluding diaryl/α,β-unsaturated/α-hetero) is 1. The molecule has 0 aliphatic heterocycles. The van der Waals surface area contributed by atoms with E-state index in [1.165, 1.54) is 18.2 Å². The zero-order valence-electron chi connectivity index (χ0n) is 18.0. The minimum Gasteiger partial charge on any atom is -0.397 e. The van der Waals surface area contributed by atoms with Gasteiger partial charge in [-0.15, -0.1) is 0 Å². The SMILES string of the molecule is Nc1c(C(=O)c2ccccc2)ccc(C2=C(C(=O)c3ccccc3)C=CC(N)(N)C2(Cl)Cl)c1N. The molecule has 8 N–H and O–H groups in total. The Hall–Kier alpha value is -3.42. The third kappa shape index (κ3) is 3.91.